The molecule has 2 aromatic rings. The molecule has 2 aliphatic rings. The van der Waals surface area contributed by atoms with Crippen LogP contribution in [0.2, 0.25) is 0 Å². The standard InChI is InChI=1S/C25H27N3O5/c1-16-11-13-17(14-12-16)28-23(30)19-8-4-6-10-21(19)27(25(28)32)15-22(29)26-20-9-5-3-7-18(20)24(31)33-2/h3,5,7,9,11-14,19,21H,4,6,8,10,15H2,1-2H3,(H,26,29). The summed E-state index contributed by atoms with van der Waals surface area (Å²) in [5, 5.41) is 2.73. The first-order valence-corrected chi connectivity index (χ1v) is 11.1. The van der Waals surface area contributed by atoms with Crippen molar-refractivity contribution >= 4 is 35.2 Å². The van der Waals surface area contributed by atoms with Crippen molar-refractivity contribution in [2.45, 2.75) is 38.6 Å². The quantitative estimate of drug-likeness (QED) is 0.702. The van der Waals surface area contributed by atoms with Crippen molar-refractivity contribution in [1.29, 1.82) is 0 Å². The zero-order chi connectivity index (χ0) is 23.5. The van der Waals surface area contributed by atoms with Crippen molar-refractivity contribution in [1.82, 2.24) is 4.90 Å². The van der Waals surface area contributed by atoms with Gasteiger partial charge in [0.2, 0.25) is 11.8 Å². The van der Waals surface area contributed by atoms with E-state index < -0.39 is 17.9 Å². The fraction of sp³-hybridized carbons (Fsp3) is 0.360. The monoisotopic (exact) mass is 449 g/mol. The molecule has 1 saturated heterocycles. The second-order valence-corrected chi connectivity index (χ2v) is 8.46. The summed E-state index contributed by atoms with van der Waals surface area (Å²) in [6.45, 7) is 1.72. The van der Waals surface area contributed by atoms with Crippen LogP contribution in [0, 0.1) is 12.8 Å². The van der Waals surface area contributed by atoms with E-state index in [4.69, 9.17) is 4.74 Å². The van der Waals surface area contributed by atoms with Gasteiger partial charge >= 0.3 is 12.0 Å². The van der Waals surface area contributed by atoms with E-state index in [2.05, 4.69) is 5.32 Å². The van der Waals surface area contributed by atoms with E-state index in [-0.39, 0.29) is 30.0 Å². The summed E-state index contributed by atoms with van der Waals surface area (Å²) in [4.78, 5) is 54.4. The number of aryl methyl sites for hydroxylation is 1. The highest BCUT2D eigenvalue weighted by atomic mass is 16.5. The number of rotatable bonds is 5. The Hall–Kier alpha value is -3.68. The predicted molar refractivity (Wildman–Crippen MR) is 123 cm³/mol. The number of esters is 1. The number of urea groups is 1. The molecule has 2 atom stereocenters. The molecule has 4 rings (SSSR count). The largest absolute Gasteiger partial charge is 0.465 e. The van der Waals surface area contributed by atoms with E-state index in [9.17, 15) is 19.2 Å². The Morgan fingerprint density at radius 3 is 2.45 bits per heavy atom. The lowest BCUT2D eigenvalue weighted by atomic mass is 9.81. The molecule has 0 radical (unpaired) electrons. The van der Waals surface area contributed by atoms with Gasteiger partial charge in [-0.1, -0.05) is 42.7 Å². The molecule has 0 spiro atoms. The summed E-state index contributed by atoms with van der Waals surface area (Å²) in [5.74, 6) is -1.56. The van der Waals surface area contributed by atoms with Gasteiger partial charge in [0.25, 0.3) is 0 Å². The van der Waals surface area contributed by atoms with Crippen LogP contribution in [0.3, 0.4) is 0 Å². The second-order valence-electron chi connectivity index (χ2n) is 8.46. The van der Waals surface area contributed by atoms with Gasteiger partial charge in [-0.25, -0.2) is 14.5 Å². The van der Waals surface area contributed by atoms with Gasteiger partial charge in [0.05, 0.1) is 30.0 Å². The molecule has 0 bridgehead atoms. The van der Waals surface area contributed by atoms with E-state index in [1.807, 2.05) is 19.1 Å². The third kappa shape index (κ3) is 4.46. The predicted octanol–water partition coefficient (Wildman–Crippen LogP) is 3.75. The van der Waals surface area contributed by atoms with Crippen molar-refractivity contribution in [2.75, 3.05) is 23.9 Å². The van der Waals surface area contributed by atoms with Crippen LogP contribution < -0.4 is 10.2 Å². The number of carbonyl (C=O) groups is 4. The number of amides is 4. The highest BCUT2D eigenvalue weighted by molar-refractivity contribution is 6.17. The Labute approximate surface area is 192 Å². The second kappa shape index (κ2) is 9.44. The van der Waals surface area contributed by atoms with Gasteiger partial charge in [-0.2, -0.15) is 0 Å². The van der Waals surface area contributed by atoms with E-state index >= 15 is 0 Å². The minimum atomic E-state index is -0.566. The molecule has 1 saturated carbocycles. The fourth-order valence-electron chi connectivity index (χ4n) is 4.64. The molecular weight excluding hydrogens is 422 g/mol. The Morgan fingerprint density at radius 2 is 1.73 bits per heavy atom. The third-order valence-electron chi connectivity index (χ3n) is 6.32. The summed E-state index contributed by atoms with van der Waals surface area (Å²) in [7, 11) is 1.27. The smallest absolute Gasteiger partial charge is 0.339 e. The van der Waals surface area contributed by atoms with E-state index in [1.54, 1.807) is 36.4 Å². The van der Waals surface area contributed by atoms with Gasteiger partial charge in [-0.05, 0) is 44.0 Å². The van der Waals surface area contributed by atoms with Crippen LogP contribution in [-0.4, -0.2) is 48.4 Å². The van der Waals surface area contributed by atoms with Crippen molar-refractivity contribution in [3.05, 3.63) is 59.7 Å². The summed E-state index contributed by atoms with van der Waals surface area (Å²) in [6.07, 6.45) is 3.17. The average Bonchev–Trinajstić information content (AvgIpc) is 2.83. The molecule has 2 unspecified atom stereocenters. The van der Waals surface area contributed by atoms with Gasteiger partial charge in [-0.15, -0.1) is 0 Å². The molecular formula is C25H27N3O5. The van der Waals surface area contributed by atoms with Crippen LogP contribution in [0.4, 0.5) is 16.2 Å². The van der Waals surface area contributed by atoms with Crippen LogP contribution in [0.25, 0.3) is 0 Å². The number of nitrogens with one attached hydrogen (secondary N) is 1. The van der Waals surface area contributed by atoms with Crippen molar-refractivity contribution in [2.24, 2.45) is 5.92 Å². The van der Waals surface area contributed by atoms with Gasteiger partial charge in [-0.3, -0.25) is 9.59 Å². The van der Waals surface area contributed by atoms with Gasteiger partial charge in [0.15, 0.2) is 0 Å². The molecule has 8 heteroatoms. The maximum Gasteiger partial charge on any atom is 0.339 e. The number of imide groups is 1. The lowest BCUT2D eigenvalue weighted by Crippen LogP contribution is -2.64. The summed E-state index contributed by atoms with van der Waals surface area (Å²) >= 11 is 0. The van der Waals surface area contributed by atoms with Gasteiger partial charge in [0, 0.05) is 6.04 Å². The zero-order valence-corrected chi connectivity index (χ0v) is 18.7. The first-order chi connectivity index (χ1) is 15.9. The van der Waals surface area contributed by atoms with Crippen LogP contribution in [0.1, 0.15) is 41.6 Å². The van der Waals surface area contributed by atoms with Crippen LogP contribution in [0.5, 0.6) is 0 Å². The molecule has 33 heavy (non-hydrogen) atoms. The lowest BCUT2D eigenvalue weighted by molar-refractivity contribution is -0.128. The first kappa shape index (κ1) is 22.5. The number of ether oxygens (including phenoxy) is 1. The average molecular weight is 450 g/mol. The Bertz CT molecular complexity index is 1080. The normalized spacial score (nSPS) is 20.3. The highest BCUT2D eigenvalue weighted by Gasteiger charge is 2.48. The third-order valence-corrected chi connectivity index (χ3v) is 6.32. The zero-order valence-electron chi connectivity index (χ0n) is 18.7. The lowest BCUT2D eigenvalue weighted by Gasteiger charge is -2.46. The Morgan fingerprint density at radius 1 is 1.03 bits per heavy atom. The maximum atomic E-state index is 13.5. The van der Waals surface area contributed by atoms with E-state index in [0.717, 1.165) is 18.4 Å². The number of hydrogen-bond donors (Lipinski definition) is 1. The SMILES string of the molecule is COC(=O)c1ccccc1NC(=O)CN1C(=O)N(c2ccc(C)cc2)C(=O)C2CCCCC21. The number of para-hydroxylation sites is 1. The van der Waals surface area contributed by atoms with E-state index in [0.29, 0.717) is 24.2 Å². The molecule has 172 valence electrons. The van der Waals surface area contributed by atoms with Crippen molar-refractivity contribution in [3.8, 4) is 0 Å². The molecule has 8 nitrogen and oxygen atoms in total. The molecule has 0 aromatic heterocycles. The fourth-order valence-corrected chi connectivity index (χ4v) is 4.64. The highest BCUT2D eigenvalue weighted by Crippen LogP contribution is 2.36. The van der Waals surface area contributed by atoms with Crippen LogP contribution in [-0.2, 0) is 14.3 Å². The number of anilines is 2. The topological polar surface area (TPSA) is 96.0 Å². The minimum absolute atomic E-state index is 0.207. The molecule has 4 amide bonds. The number of benzene rings is 2. The first-order valence-electron chi connectivity index (χ1n) is 11.1. The molecule has 1 aliphatic heterocycles. The summed E-state index contributed by atoms with van der Waals surface area (Å²) < 4.78 is 4.78. The molecule has 1 N–H and O–H groups in total. The summed E-state index contributed by atoms with van der Waals surface area (Å²) in [5.41, 5.74) is 2.06. The molecule has 1 heterocycles. The van der Waals surface area contributed by atoms with Gasteiger partial charge in [0.1, 0.15) is 6.54 Å². The Kier molecular flexibility index (Phi) is 6.44. The van der Waals surface area contributed by atoms with Crippen molar-refractivity contribution in [3.63, 3.8) is 0 Å². The molecule has 2 fully saturated rings. The van der Waals surface area contributed by atoms with Crippen LogP contribution in [0.15, 0.2) is 48.5 Å². The van der Waals surface area contributed by atoms with E-state index in [1.165, 1.54) is 16.9 Å². The maximum absolute atomic E-state index is 13.5. The van der Waals surface area contributed by atoms with Crippen molar-refractivity contribution < 1.29 is 23.9 Å². The Balaban J connectivity index is 1.59. The van der Waals surface area contributed by atoms with Crippen LogP contribution >= 0.6 is 0 Å². The van der Waals surface area contributed by atoms with Gasteiger partial charge < -0.3 is 15.0 Å². The number of hydrogen-bond acceptors (Lipinski definition) is 5. The summed E-state index contributed by atoms with van der Waals surface area (Å²) in [6, 6.07) is 12.9. The number of carbonyl (C=O) groups excluding carboxylic acids is 4. The number of methoxy groups -OCH3 is 1. The number of fused-ring (bicyclic) bond motifs is 1. The molecule has 1 aliphatic carbocycles. The number of nitrogens with zero attached hydrogens (tertiary/aromatic N) is 2. The minimum Gasteiger partial charge on any atom is -0.465 e. The molecule has 2 aromatic carbocycles.